The number of aryl methyl sites for hydroxylation is 1. The molecule has 0 amide bonds. The van der Waals surface area contributed by atoms with E-state index in [4.69, 9.17) is 0 Å². The number of aliphatic hydroxyl groups is 1. The fourth-order valence-electron chi connectivity index (χ4n) is 6.01. The third kappa shape index (κ3) is 8.58. The molecule has 1 aliphatic heterocycles. The van der Waals surface area contributed by atoms with Crippen molar-refractivity contribution in [1.29, 1.82) is 0 Å². The van der Waals surface area contributed by atoms with E-state index < -0.39 is 65.8 Å². The molecular weight excluding hydrogens is 718 g/mol. The molecule has 1 aliphatic carbocycles. The topological polar surface area (TPSA) is 88.8 Å². The second-order valence-corrected chi connectivity index (χ2v) is 12.1. The second-order valence-electron chi connectivity index (χ2n) is 12.1. The van der Waals surface area contributed by atoms with E-state index in [0.717, 1.165) is 42.6 Å². The number of nitrogens with zero attached hydrogens (tertiary/aromatic N) is 6. The highest BCUT2D eigenvalue weighted by molar-refractivity contribution is 5.85. The third-order valence-electron chi connectivity index (χ3n) is 8.55. The van der Waals surface area contributed by atoms with Gasteiger partial charge in [-0.1, -0.05) is 5.10 Å². The Morgan fingerprint density at radius 2 is 1.36 bits per heavy atom. The highest BCUT2D eigenvalue weighted by atomic mass is 35.5. The number of anilines is 2. The lowest BCUT2D eigenvalue weighted by Crippen LogP contribution is -2.52. The molecule has 50 heavy (non-hydrogen) atoms. The standard InChI is InChI=1S/C30H32F10N6O3.ClH/c1-3-45(13-17-4-6-18(16-47)7-5-17)23-12-25-24(48-29(37,38)30(39,40)49-25)10-20(23)15-46(26-41-43-44(2)42-26)14-19-8-21(27(31,32)33)11-22(9-19)28(34,35)36;/h8-12,17-18,47H,3-7,13-16H2,1-2H3;1H. The monoisotopic (exact) mass is 750 g/mol. The fourth-order valence-corrected chi connectivity index (χ4v) is 6.01. The molecule has 0 saturated heterocycles. The maximum Gasteiger partial charge on any atom is 0.507 e. The lowest BCUT2D eigenvalue weighted by molar-refractivity contribution is -0.391. The number of hydrogen-bond donors (Lipinski definition) is 1. The van der Waals surface area contributed by atoms with Crippen LogP contribution in [0.3, 0.4) is 0 Å². The highest BCUT2D eigenvalue weighted by Gasteiger charge is 2.66. The average Bonchev–Trinajstić information content (AvgIpc) is 3.45. The molecule has 3 aromatic rings. The van der Waals surface area contributed by atoms with Crippen molar-refractivity contribution >= 4 is 24.0 Å². The number of halogens is 11. The molecule has 9 nitrogen and oxygen atoms in total. The summed E-state index contributed by atoms with van der Waals surface area (Å²) in [7, 11) is 1.36. The quantitative estimate of drug-likeness (QED) is 0.214. The van der Waals surface area contributed by atoms with Crippen molar-refractivity contribution < 1.29 is 58.5 Å². The molecule has 0 atom stereocenters. The van der Waals surface area contributed by atoms with Crippen molar-refractivity contribution in [1.82, 2.24) is 20.2 Å². The van der Waals surface area contributed by atoms with Gasteiger partial charge in [0.15, 0.2) is 11.5 Å². The number of rotatable bonds is 10. The normalized spacial score (nSPS) is 19.9. The maximum absolute atomic E-state index is 14.2. The second kappa shape index (κ2) is 14.5. The molecule has 0 radical (unpaired) electrons. The van der Waals surface area contributed by atoms with Crippen molar-refractivity contribution in [3.05, 3.63) is 52.6 Å². The lowest BCUT2D eigenvalue weighted by atomic mass is 9.82. The van der Waals surface area contributed by atoms with Crippen molar-refractivity contribution in [2.24, 2.45) is 18.9 Å². The number of aromatic nitrogens is 4. The molecule has 2 heterocycles. The summed E-state index contributed by atoms with van der Waals surface area (Å²) in [6.45, 7) is 1.39. The first kappa shape index (κ1) is 39.1. The van der Waals surface area contributed by atoms with Crippen LogP contribution in [0.2, 0.25) is 0 Å². The summed E-state index contributed by atoms with van der Waals surface area (Å²) in [4.78, 5) is 3.94. The number of fused-ring (bicyclic) bond motifs is 1. The fraction of sp³-hybridized carbons (Fsp3) is 0.567. The van der Waals surface area contributed by atoms with Crippen molar-refractivity contribution in [3.63, 3.8) is 0 Å². The van der Waals surface area contributed by atoms with Crippen LogP contribution < -0.4 is 19.3 Å². The molecule has 0 bridgehead atoms. The molecule has 2 aromatic carbocycles. The van der Waals surface area contributed by atoms with Gasteiger partial charge in [0.25, 0.3) is 5.95 Å². The number of aliphatic hydroxyl groups excluding tert-OH is 1. The van der Waals surface area contributed by atoms with Crippen LogP contribution >= 0.6 is 12.4 Å². The van der Waals surface area contributed by atoms with Gasteiger partial charge in [0.1, 0.15) is 0 Å². The Hall–Kier alpha value is -3.74. The summed E-state index contributed by atoms with van der Waals surface area (Å²) in [6, 6.07) is 3.15. The van der Waals surface area contributed by atoms with Gasteiger partial charge in [-0.05, 0) is 85.0 Å². The van der Waals surface area contributed by atoms with E-state index in [2.05, 4.69) is 24.9 Å². The van der Waals surface area contributed by atoms with Crippen molar-refractivity contribution in [2.75, 3.05) is 29.5 Å². The molecule has 20 heteroatoms. The van der Waals surface area contributed by atoms with Crippen LogP contribution in [0.5, 0.6) is 11.5 Å². The van der Waals surface area contributed by atoms with Crippen LogP contribution in [0.15, 0.2) is 30.3 Å². The van der Waals surface area contributed by atoms with E-state index in [1.54, 1.807) is 11.8 Å². The van der Waals surface area contributed by atoms with Gasteiger partial charge in [-0.3, -0.25) is 0 Å². The Bertz CT molecular complexity index is 1600. The van der Waals surface area contributed by atoms with Gasteiger partial charge in [-0.2, -0.15) is 48.7 Å². The predicted molar refractivity (Wildman–Crippen MR) is 160 cm³/mol. The predicted octanol–water partition coefficient (Wildman–Crippen LogP) is 7.46. The summed E-state index contributed by atoms with van der Waals surface area (Å²) in [6.07, 6.45) is -17.4. The smallest absolute Gasteiger partial charge is 0.421 e. The van der Waals surface area contributed by atoms with Crippen molar-refractivity contribution in [2.45, 2.75) is 70.3 Å². The minimum absolute atomic E-state index is 0. The van der Waals surface area contributed by atoms with Gasteiger partial charge in [0.05, 0.1) is 18.2 Å². The number of alkyl halides is 10. The zero-order valence-corrected chi connectivity index (χ0v) is 27.4. The Morgan fingerprint density at radius 1 is 0.820 bits per heavy atom. The summed E-state index contributed by atoms with van der Waals surface area (Å²) in [5.41, 5.74) is -3.22. The van der Waals surface area contributed by atoms with E-state index in [0.29, 0.717) is 18.7 Å². The number of ether oxygens (including phenoxy) is 2. The van der Waals surface area contributed by atoms with Crippen LogP contribution in [0.1, 0.15) is 54.9 Å². The van der Waals surface area contributed by atoms with Crippen LogP contribution in [0, 0.1) is 11.8 Å². The van der Waals surface area contributed by atoms with Gasteiger partial charge in [0.2, 0.25) is 0 Å². The molecule has 1 fully saturated rings. The minimum Gasteiger partial charge on any atom is -0.421 e. The summed E-state index contributed by atoms with van der Waals surface area (Å²) >= 11 is 0. The zero-order chi connectivity index (χ0) is 35.9. The Labute approximate surface area is 285 Å². The first-order valence-electron chi connectivity index (χ1n) is 15.2. The van der Waals surface area contributed by atoms with E-state index >= 15 is 0 Å². The first-order valence-corrected chi connectivity index (χ1v) is 15.2. The Balaban J connectivity index is 0.00000562. The Kier molecular flexibility index (Phi) is 11.3. The van der Waals surface area contributed by atoms with Crippen molar-refractivity contribution in [3.8, 4) is 11.5 Å². The third-order valence-corrected chi connectivity index (χ3v) is 8.55. The zero-order valence-electron chi connectivity index (χ0n) is 26.5. The summed E-state index contributed by atoms with van der Waals surface area (Å²) in [5.74, 6) is -1.47. The van der Waals surface area contributed by atoms with E-state index in [1.165, 1.54) is 11.9 Å². The first-order chi connectivity index (χ1) is 22.8. The molecule has 1 aromatic heterocycles. The van der Waals surface area contributed by atoms with Crippen LogP contribution in [0.4, 0.5) is 55.5 Å². The van der Waals surface area contributed by atoms with Gasteiger partial charge in [-0.15, -0.1) is 17.5 Å². The molecule has 1 saturated carbocycles. The summed E-state index contributed by atoms with van der Waals surface area (Å²) in [5, 5.41) is 21.1. The molecule has 2 aliphatic rings. The molecule has 278 valence electrons. The minimum atomic E-state index is -5.13. The van der Waals surface area contributed by atoms with Gasteiger partial charge in [-0.25, -0.2) is 0 Å². The summed E-state index contributed by atoms with van der Waals surface area (Å²) < 4.78 is 148. The molecule has 5 rings (SSSR count). The highest BCUT2D eigenvalue weighted by Crippen LogP contribution is 2.49. The van der Waals surface area contributed by atoms with Gasteiger partial charge in [0, 0.05) is 44.5 Å². The number of benzene rings is 2. The van der Waals surface area contributed by atoms with Gasteiger partial charge < -0.3 is 24.4 Å². The lowest BCUT2D eigenvalue weighted by Gasteiger charge is -2.36. The van der Waals surface area contributed by atoms with Crippen LogP contribution in [0.25, 0.3) is 0 Å². The molecule has 0 spiro atoms. The molecule has 1 N–H and O–H groups in total. The molecular formula is C30H33ClF10N6O3. The molecule has 0 unspecified atom stereocenters. The van der Waals surface area contributed by atoms with Crippen LogP contribution in [-0.2, 0) is 32.5 Å². The maximum atomic E-state index is 14.2. The number of hydrogen-bond acceptors (Lipinski definition) is 8. The van der Waals surface area contributed by atoms with Gasteiger partial charge >= 0.3 is 24.6 Å². The van der Waals surface area contributed by atoms with Crippen LogP contribution in [-0.4, -0.2) is 57.2 Å². The Morgan fingerprint density at radius 3 is 1.84 bits per heavy atom. The number of tetrazole rings is 1. The SMILES string of the molecule is CCN(CC1CCC(CO)CC1)c1cc2c(cc1CN(Cc1cc(C(F)(F)F)cc(C(F)(F)F)c1)c1nnn(C)n1)OC(F)(F)C(F)(F)O2.Cl. The van der Waals surface area contributed by atoms with E-state index in [-0.39, 0.29) is 60.7 Å². The van der Waals surface area contributed by atoms with E-state index in [9.17, 15) is 49.0 Å². The van der Waals surface area contributed by atoms with E-state index in [1.807, 2.05) is 0 Å². The largest absolute Gasteiger partial charge is 0.507 e. The average molecular weight is 751 g/mol.